The van der Waals surface area contributed by atoms with Crippen molar-refractivity contribution in [3.8, 4) is 0 Å². The molecule has 1 aromatic rings. The molecular weight excluding hydrogens is 230 g/mol. The van der Waals surface area contributed by atoms with E-state index in [0.29, 0.717) is 0 Å². The van der Waals surface area contributed by atoms with Gasteiger partial charge in [-0.05, 0) is 56.2 Å². The number of benzene rings is 1. The van der Waals surface area contributed by atoms with Gasteiger partial charge in [-0.2, -0.15) is 0 Å². The molecule has 1 aliphatic heterocycles. The van der Waals surface area contributed by atoms with Crippen LogP contribution in [-0.2, 0) is 0 Å². The number of rotatable bonds is 4. The molecule has 0 saturated heterocycles. The summed E-state index contributed by atoms with van der Waals surface area (Å²) in [5.74, 6) is 0.802. The minimum absolute atomic E-state index is 0.0104. The van der Waals surface area contributed by atoms with Crippen molar-refractivity contribution in [1.29, 1.82) is 0 Å². The van der Waals surface area contributed by atoms with Crippen LogP contribution in [-0.4, -0.2) is 11.3 Å². The first kappa shape index (κ1) is 12.4. The van der Waals surface area contributed by atoms with Crippen molar-refractivity contribution in [3.05, 3.63) is 53.6 Å². The molecule has 0 aromatic heterocycles. The molecule has 0 spiro atoms. The maximum absolute atomic E-state index is 4.87. The summed E-state index contributed by atoms with van der Waals surface area (Å²) in [6.07, 6.45) is 10.5. The van der Waals surface area contributed by atoms with Crippen LogP contribution in [0, 0.1) is 5.92 Å². The number of hydrogen-bond donors (Lipinski definition) is 0. The van der Waals surface area contributed by atoms with Crippen molar-refractivity contribution in [2.45, 2.75) is 38.6 Å². The van der Waals surface area contributed by atoms with Gasteiger partial charge in [0.15, 0.2) is 0 Å². The Hall–Kier alpha value is -1.63. The van der Waals surface area contributed by atoms with E-state index in [2.05, 4.69) is 62.4 Å². The van der Waals surface area contributed by atoms with E-state index in [1.54, 1.807) is 5.57 Å². The van der Waals surface area contributed by atoms with Gasteiger partial charge >= 0.3 is 0 Å². The highest BCUT2D eigenvalue weighted by atomic mass is 14.9. The molecule has 1 heterocycles. The molecule has 1 fully saturated rings. The molecule has 1 nitrogen and oxygen atoms in total. The smallest absolute Gasteiger partial charge is 0.0832 e. The van der Waals surface area contributed by atoms with Gasteiger partial charge in [0.25, 0.3) is 0 Å². The fourth-order valence-corrected chi connectivity index (χ4v) is 2.97. The van der Waals surface area contributed by atoms with Crippen LogP contribution >= 0.6 is 0 Å². The monoisotopic (exact) mass is 251 g/mol. The molecule has 1 aromatic carbocycles. The molecule has 1 heteroatoms. The summed E-state index contributed by atoms with van der Waals surface area (Å²) in [5.41, 5.74) is 4.03. The van der Waals surface area contributed by atoms with Crippen LogP contribution in [0.25, 0.3) is 6.08 Å². The van der Waals surface area contributed by atoms with Gasteiger partial charge in [-0.15, -0.1) is 0 Å². The lowest BCUT2D eigenvalue weighted by molar-refractivity contribution is 0.544. The summed E-state index contributed by atoms with van der Waals surface area (Å²) in [4.78, 5) is 4.87. The molecule has 0 bridgehead atoms. The lowest BCUT2D eigenvalue weighted by Crippen LogP contribution is -2.22. The third-order valence-corrected chi connectivity index (χ3v) is 4.05. The topological polar surface area (TPSA) is 12.4 Å². The molecule has 98 valence electrons. The Morgan fingerprint density at radius 3 is 2.68 bits per heavy atom. The second kappa shape index (κ2) is 4.80. The van der Waals surface area contributed by atoms with E-state index >= 15 is 0 Å². The van der Waals surface area contributed by atoms with Crippen molar-refractivity contribution in [2.24, 2.45) is 10.9 Å². The van der Waals surface area contributed by atoms with E-state index in [9.17, 15) is 0 Å². The highest BCUT2D eigenvalue weighted by Crippen LogP contribution is 2.46. The summed E-state index contributed by atoms with van der Waals surface area (Å²) in [5, 5.41) is 0. The summed E-state index contributed by atoms with van der Waals surface area (Å²) in [6.45, 7) is 4.40. The van der Waals surface area contributed by atoms with E-state index < -0.39 is 0 Å². The molecule has 3 rings (SSSR count). The van der Waals surface area contributed by atoms with Crippen molar-refractivity contribution in [1.82, 2.24) is 0 Å². The molecule has 0 N–H and O–H groups in total. The first-order chi connectivity index (χ1) is 9.17. The van der Waals surface area contributed by atoms with Crippen molar-refractivity contribution < 1.29 is 0 Å². The zero-order chi connectivity index (χ0) is 13.3. The fourth-order valence-electron chi connectivity index (χ4n) is 2.97. The van der Waals surface area contributed by atoms with Crippen molar-refractivity contribution in [3.63, 3.8) is 0 Å². The second-order valence-corrected chi connectivity index (χ2v) is 5.92. The van der Waals surface area contributed by atoms with Crippen LogP contribution in [0.15, 0.2) is 53.0 Å². The molecular formula is C18H21N. The van der Waals surface area contributed by atoms with Gasteiger partial charge in [-0.1, -0.05) is 42.5 Å². The molecule has 1 unspecified atom stereocenters. The molecule has 2 aliphatic rings. The third-order valence-electron chi connectivity index (χ3n) is 4.05. The number of allylic oxidation sites excluding steroid dienone is 1. The normalized spacial score (nSPS) is 26.6. The molecule has 1 saturated carbocycles. The lowest BCUT2D eigenvalue weighted by Gasteiger charge is -2.23. The van der Waals surface area contributed by atoms with Crippen molar-refractivity contribution in [2.75, 3.05) is 0 Å². The minimum Gasteiger partial charge on any atom is -0.279 e. The van der Waals surface area contributed by atoms with E-state index in [0.717, 1.165) is 12.3 Å². The Morgan fingerprint density at radius 2 is 2.00 bits per heavy atom. The average Bonchev–Trinajstić information content (AvgIpc) is 3.17. The highest BCUT2D eigenvalue weighted by Gasteiger charge is 2.40. The van der Waals surface area contributed by atoms with Gasteiger partial charge in [0.2, 0.25) is 0 Å². The number of aliphatic imine (C=N–C) groups is 1. The van der Waals surface area contributed by atoms with Crippen LogP contribution < -0.4 is 0 Å². The predicted octanol–water partition coefficient (Wildman–Crippen LogP) is 4.66. The van der Waals surface area contributed by atoms with Crippen LogP contribution in [0.3, 0.4) is 0 Å². The summed E-state index contributed by atoms with van der Waals surface area (Å²) in [6, 6.07) is 10.5. The first-order valence-corrected chi connectivity index (χ1v) is 7.17. The van der Waals surface area contributed by atoms with E-state index in [1.165, 1.54) is 24.1 Å². The van der Waals surface area contributed by atoms with Gasteiger partial charge in [0.1, 0.15) is 0 Å². The standard InChI is InChI=1S/C18H21N/c1-14-13-17(16-10-11-16)18(2,19-14)12-6-9-15-7-4-3-5-8-15/h3-9,13,16H,10-12H2,1-2H3/b9-6+. The summed E-state index contributed by atoms with van der Waals surface area (Å²) >= 11 is 0. The molecule has 1 atom stereocenters. The molecule has 0 amide bonds. The van der Waals surface area contributed by atoms with E-state index in [4.69, 9.17) is 4.99 Å². The van der Waals surface area contributed by atoms with Gasteiger partial charge < -0.3 is 0 Å². The quantitative estimate of drug-likeness (QED) is 0.738. The predicted molar refractivity (Wildman–Crippen MR) is 82.4 cm³/mol. The molecule has 0 radical (unpaired) electrons. The summed E-state index contributed by atoms with van der Waals surface area (Å²) < 4.78 is 0. The van der Waals surface area contributed by atoms with Crippen molar-refractivity contribution >= 4 is 11.8 Å². The van der Waals surface area contributed by atoms with Crippen LogP contribution in [0.2, 0.25) is 0 Å². The van der Waals surface area contributed by atoms with E-state index in [-0.39, 0.29) is 5.54 Å². The Kier molecular flexibility index (Phi) is 3.14. The molecule has 19 heavy (non-hydrogen) atoms. The SMILES string of the molecule is CC1=NC(C)(C/C=C/c2ccccc2)C(C2CC2)=C1. The first-order valence-electron chi connectivity index (χ1n) is 7.17. The largest absolute Gasteiger partial charge is 0.279 e. The summed E-state index contributed by atoms with van der Waals surface area (Å²) in [7, 11) is 0. The fraction of sp³-hybridized carbons (Fsp3) is 0.389. The van der Waals surface area contributed by atoms with Gasteiger partial charge in [0, 0.05) is 5.71 Å². The Balaban J connectivity index is 1.72. The lowest BCUT2D eigenvalue weighted by atomic mass is 9.87. The Bertz CT molecular complexity index is 546. The highest BCUT2D eigenvalue weighted by molar-refractivity contribution is 5.96. The molecule has 1 aliphatic carbocycles. The van der Waals surface area contributed by atoms with Crippen LogP contribution in [0.1, 0.15) is 38.7 Å². The zero-order valence-electron chi connectivity index (χ0n) is 11.8. The minimum atomic E-state index is 0.0104. The van der Waals surface area contributed by atoms with Crippen LogP contribution in [0.5, 0.6) is 0 Å². The Morgan fingerprint density at radius 1 is 1.26 bits per heavy atom. The maximum Gasteiger partial charge on any atom is 0.0832 e. The number of hydrogen-bond acceptors (Lipinski definition) is 1. The van der Waals surface area contributed by atoms with Gasteiger partial charge in [0.05, 0.1) is 5.54 Å². The Labute approximate surface area is 115 Å². The third kappa shape index (κ3) is 2.70. The zero-order valence-corrected chi connectivity index (χ0v) is 11.8. The number of nitrogens with zero attached hydrogens (tertiary/aromatic N) is 1. The van der Waals surface area contributed by atoms with E-state index in [1.807, 2.05) is 0 Å². The maximum atomic E-state index is 4.87. The second-order valence-electron chi connectivity index (χ2n) is 5.92. The average molecular weight is 251 g/mol. The van der Waals surface area contributed by atoms with Gasteiger partial charge in [-0.3, -0.25) is 4.99 Å². The van der Waals surface area contributed by atoms with Crippen LogP contribution in [0.4, 0.5) is 0 Å². The van der Waals surface area contributed by atoms with Gasteiger partial charge in [-0.25, -0.2) is 0 Å².